The van der Waals surface area contributed by atoms with Crippen molar-refractivity contribution in [1.82, 2.24) is 0 Å². The number of hydrogen-bond donors (Lipinski definition) is 2. The number of aryl methyl sites for hydroxylation is 1. The molecule has 180 valence electrons. The van der Waals surface area contributed by atoms with Crippen molar-refractivity contribution in [2.75, 3.05) is 31.4 Å². The van der Waals surface area contributed by atoms with Crippen molar-refractivity contribution in [3.8, 4) is 11.5 Å². The van der Waals surface area contributed by atoms with Crippen LogP contribution < -0.4 is 18.9 Å². The monoisotopic (exact) mass is 503 g/mol. The lowest BCUT2D eigenvalue weighted by molar-refractivity contribution is -0.669. The fourth-order valence-corrected chi connectivity index (χ4v) is 5.75. The second-order valence-electron chi connectivity index (χ2n) is 7.86. The van der Waals surface area contributed by atoms with E-state index in [1.807, 2.05) is 59.5 Å². The van der Waals surface area contributed by atoms with E-state index < -0.39 is 22.0 Å². The summed E-state index contributed by atoms with van der Waals surface area (Å²) in [5.41, 5.74) is 2.81. The summed E-state index contributed by atoms with van der Waals surface area (Å²) in [6.07, 6.45) is 0.739. The highest BCUT2D eigenvalue weighted by atomic mass is 32.2. The van der Waals surface area contributed by atoms with Crippen molar-refractivity contribution in [1.29, 1.82) is 0 Å². The minimum absolute atomic E-state index is 0.00427. The van der Waals surface area contributed by atoms with Gasteiger partial charge in [-0.1, -0.05) is 11.8 Å². The number of methoxy groups -OCH3 is 2. The SMILES string of the molecule is CC[n+]1c(C=C2Sc3ccc(OC)cc3N2CC(O)CS(=O)(=O)O)ccc2cc(OC)ccc21. The molecule has 0 fully saturated rings. The predicted molar refractivity (Wildman–Crippen MR) is 133 cm³/mol. The van der Waals surface area contributed by atoms with Gasteiger partial charge in [0.1, 0.15) is 23.8 Å². The van der Waals surface area contributed by atoms with Gasteiger partial charge < -0.3 is 19.5 Å². The highest BCUT2D eigenvalue weighted by Gasteiger charge is 2.30. The zero-order valence-corrected chi connectivity index (χ0v) is 20.8. The molecule has 8 nitrogen and oxygen atoms in total. The Kier molecular flexibility index (Phi) is 7.04. The summed E-state index contributed by atoms with van der Waals surface area (Å²) in [7, 11) is -1.10. The van der Waals surface area contributed by atoms with Crippen molar-refractivity contribution in [2.45, 2.75) is 24.5 Å². The Morgan fingerprint density at radius 2 is 1.79 bits per heavy atom. The van der Waals surface area contributed by atoms with Crippen LogP contribution in [0.5, 0.6) is 11.5 Å². The van der Waals surface area contributed by atoms with Crippen LogP contribution in [0.25, 0.3) is 17.0 Å². The maximum atomic E-state index is 11.3. The molecule has 4 rings (SSSR count). The van der Waals surface area contributed by atoms with Gasteiger partial charge in [-0.25, -0.2) is 0 Å². The number of nitrogens with zero attached hydrogens (tertiary/aromatic N) is 2. The molecule has 3 aromatic rings. The molecular weight excluding hydrogens is 476 g/mol. The molecule has 1 aromatic heterocycles. The van der Waals surface area contributed by atoms with Gasteiger partial charge in [-0.15, -0.1) is 0 Å². The van der Waals surface area contributed by atoms with Gasteiger partial charge in [-0.2, -0.15) is 13.0 Å². The number of hydrogen-bond acceptors (Lipinski definition) is 7. The molecule has 0 saturated heterocycles. The molecule has 0 saturated carbocycles. The minimum Gasteiger partial charge on any atom is -0.497 e. The van der Waals surface area contributed by atoms with Gasteiger partial charge in [0.2, 0.25) is 11.2 Å². The van der Waals surface area contributed by atoms with Crippen LogP contribution in [-0.2, 0) is 16.7 Å². The van der Waals surface area contributed by atoms with Crippen molar-refractivity contribution in [3.05, 3.63) is 59.3 Å². The second kappa shape index (κ2) is 9.83. The number of fused-ring (bicyclic) bond motifs is 2. The van der Waals surface area contributed by atoms with E-state index in [9.17, 15) is 18.1 Å². The molecule has 0 amide bonds. The van der Waals surface area contributed by atoms with E-state index in [1.165, 1.54) is 11.8 Å². The third kappa shape index (κ3) is 5.15. The Balaban J connectivity index is 1.78. The van der Waals surface area contributed by atoms with Crippen LogP contribution >= 0.6 is 11.8 Å². The lowest BCUT2D eigenvalue weighted by Gasteiger charge is -2.23. The Morgan fingerprint density at radius 3 is 2.47 bits per heavy atom. The summed E-state index contributed by atoms with van der Waals surface area (Å²) < 4.78 is 44.7. The van der Waals surface area contributed by atoms with E-state index in [-0.39, 0.29) is 6.54 Å². The van der Waals surface area contributed by atoms with Crippen molar-refractivity contribution in [2.24, 2.45) is 0 Å². The van der Waals surface area contributed by atoms with E-state index in [1.54, 1.807) is 14.2 Å². The molecule has 0 radical (unpaired) electrons. The molecule has 2 heterocycles. The molecule has 1 unspecified atom stereocenters. The maximum absolute atomic E-state index is 11.3. The number of ether oxygens (including phenoxy) is 2. The van der Waals surface area contributed by atoms with Crippen molar-refractivity contribution >= 4 is 44.5 Å². The van der Waals surface area contributed by atoms with Crippen LogP contribution in [0.15, 0.2) is 58.5 Å². The number of benzene rings is 2. The summed E-state index contributed by atoms with van der Waals surface area (Å²) in [6, 6.07) is 15.6. The van der Waals surface area contributed by atoms with Gasteiger partial charge in [-0.3, -0.25) is 4.55 Å². The van der Waals surface area contributed by atoms with E-state index in [0.29, 0.717) is 5.75 Å². The zero-order valence-electron chi connectivity index (χ0n) is 19.1. The first kappa shape index (κ1) is 24.3. The standard InChI is InChI=1S/C24H26N2O6S2/c1-4-25-17(6-5-16-11-19(31-2)7-9-21(16)25)12-24-26(14-18(27)15-34(28,29)30)22-13-20(32-3)8-10-23(22)33-24/h5-13,18,27H,4,14-15H2,1-3H3/p+1. The summed E-state index contributed by atoms with van der Waals surface area (Å²) >= 11 is 1.52. The second-order valence-corrected chi connectivity index (χ2v) is 10.4. The molecular formula is C24H27N2O6S2+. The molecule has 1 atom stereocenters. The summed E-state index contributed by atoms with van der Waals surface area (Å²) in [5, 5.41) is 12.3. The fourth-order valence-electron chi connectivity index (χ4n) is 4.06. The molecule has 1 aliphatic heterocycles. The Bertz CT molecular complexity index is 1360. The first-order chi connectivity index (χ1) is 16.2. The van der Waals surface area contributed by atoms with Crippen molar-refractivity contribution in [3.63, 3.8) is 0 Å². The van der Waals surface area contributed by atoms with Gasteiger partial charge in [0, 0.05) is 29.2 Å². The van der Waals surface area contributed by atoms with E-state index in [2.05, 4.69) is 11.5 Å². The van der Waals surface area contributed by atoms with Crippen LogP contribution in [0.1, 0.15) is 12.6 Å². The van der Waals surface area contributed by atoms with Crippen LogP contribution in [0.3, 0.4) is 0 Å². The van der Waals surface area contributed by atoms with Gasteiger partial charge in [0.25, 0.3) is 10.1 Å². The number of pyridine rings is 1. The number of aliphatic hydroxyl groups is 1. The lowest BCUT2D eigenvalue weighted by atomic mass is 10.1. The first-order valence-corrected chi connectivity index (χ1v) is 13.1. The lowest BCUT2D eigenvalue weighted by Crippen LogP contribution is -2.37. The highest BCUT2D eigenvalue weighted by molar-refractivity contribution is 8.03. The minimum atomic E-state index is -4.31. The molecule has 2 N–H and O–H groups in total. The Hall–Kier alpha value is -2.79. The van der Waals surface area contributed by atoms with Gasteiger partial charge in [-0.05, 0) is 37.3 Å². The van der Waals surface area contributed by atoms with Crippen LogP contribution in [0.4, 0.5) is 5.69 Å². The highest BCUT2D eigenvalue weighted by Crippen LogP contribution is 2.48. The van der Waals surface area contributed by atoms with Crippen LogP contribution in [0.2, 0.25) is 0 Å². The first-order valence-electron chi connectivity index (χ1n) is 10.7. The number of aromatic nitrogens is 1. The summed E-state index contributed by atoms with van der Waals surface area (Å²) in [5.74, 6) is 0.696. The predicted octanol–water partition coefficient (Wildman–Crippen LogP) is 3.32. The quantitative estimate of drug-likeness (QED) is 0.357. The van der Waals surface area contributed by atoms with Gasteiger partial charge >= 0.3 is 0 Å². The van der Waals surface area contributed by atoms with E-state index in [0.717, 1.165) is 44.5 Å². The van der Waals surface area contributed by atoms with Gasteiger partial charge in [0.05, 0.1) is 43.0 Å². The molecule has 0 spiro atoms. The molecule has 2 aromatic carbocycles. The average molecular weight is 504 g/mol. The summed E-state index contributed by atoms with van der Waals surface area (Å²) in [4.78, 5) is 2.82. The number of rotatable bonds is 8. The van der Waals surface area contributed by atoms with E-state index >= 15 is 0 Å². The van der Waals surface area contributed by atoms with E-state index in [4.69, 9.17) is 9.47 Å². The Morgan fingerprint density at radius 1 is 1.09 bits per heavy atom. The number of anilines is 1. The van der Waals surface area contributed by atoms with Crippen LogP contribution in [-0.4, -0.2) is 50.7 Å². The smallest absolute Gasteiger partial charge is 0.267 e. The molecule has 34 heavy (non-hydrogen) atoms. The number of aliphatic hydroxyl groups excluding tert-OH is 1. The van der Waals surface area contributed by atoms with Crippen molar-refractivity contribution < 1.29 is 32.1 Å². The topological polar surface area (TPSA) is 100 Å². The summed E-state index contributed by atoms with van der Waals surface area (Å²) in [6.45, 7) is 2.80. The third-order valence-electron chi connectivity index (χ3n) is 5.59. The zero-order chi connectivity index (χ0) is 24.5. The largest absolute Gasteiger partial charge is 0.497 e. The normalized spacial score (nSPS) is 15.6. The molecule has 10 heteroatoms. The van der Waals surface area contributed by atoms with Gasteiger partial charge in [0.15, 0.2) is 0 Å². The fraction of sp³-hybridized carbons (Fsp3) is 0.292. The maximum Gasteiger partial charge on any atom is 0.267 e. The molecule has 1 aliphatic rings. The average Bonchev–Trinajstić information content (AvgIpc) is 3.13. The number of β-amino-alcohol motifs (C(OH)–C–C–N with tert-alkyl or cyclic N) is 1. The van der Waals surface area contributed by atoms with Crippen LogP contribution in [0, 0.1) is 0 Å². The molecule has 0 bridgehead atoms. The third-order valence-corrected chi connectivity index (χ3v) is 7.51. The Labute approximate surface area is 203 Å². The molecule has 0 aliphatic carbocycles. The number of thioether (sulfide) groups is 1.